The molecule has 0 saturated heterocycles. The Labute approximate surface area is 119 Å². The van der Waals surface area contributed by atoms with Crippen molar-refractivity contribution in [2.75, 3.05) is 6.61 Å². The van der Waals surface area contributed by atoms with Crippen LogP contribution in [0.1, 0.15) is 0 Å². The van der Waals surface area contributed by atoms with Crippen LogP contribution in [0.3, 0.4) is 0 Å². The van der Waals surface area contributed by atoms with Crippen LogP contribution in [0.2, 0.25) is 0 Å². The Hall–Kier alpha value is -2.93. The fourth-order valence-corrected chi connectivity index (χ4v) is 1.85. The van der Waals surface area contributed by atoms with Crippen molar-refractivity contribution in [3.8, 4) is 17.5 Å². The number of carbonyl (C=O) groups is 1. The molecule has 0 aliphatic rings. The van der Waals surface area contributed by atoms with Crippen molar-refractivity contribution in [1.29, 1.82) is 0 Å². The number of aromatic nitrogens is 2. The first kappa shape index (κ1) is 13.1. The van der Waals surface area contributed by atoms with E-state index in [0.717, 1.165) is 0 Å². The van der Waals surface area contributed by atoms with E-state index in [1.54, 1.807) is 12.1 Å². The third kappa shape index (κ3) is 2.67. The topological polar surface area (TPSA) is 103 Å². The molecule has 0 aliphatic carbocycles. The normalized spacial score (nSPS) is 10.5. The molecule has 0 radical (unpaired) electrons. The number of nitrogens with one attached hydrogen (secondary N) is 1. The largest absolute Gasteiger partial charge is 0.467 e. The molecule has 0 spiro atoms. The number of para-hydroxylation sites is 1. The van der Waals surface area contributed by atoms with Crippen LogP contribution in [0.5, 0.6) is 5.88 Å². The summed E-state index contributed by atoms with van der Waals surface area (Å²) in [6, 6.07) is 10.8. The summed E-state index contributed by atoms with van der Waals surface area (Å²) in [7, 11) is 0. The third-order valence-electron chi connectivity index (χ3n) is 2.81. The quantitative estimate of drug-likeness (QED) is 0.424. The van der Waals surface area contributed by atoms with Crippen LogP contribution in [0, 0.1) is 0 Å². The smallest absolute Gasteiger partial charge is 0.271 e. The van der Waals surface area contributed by atoms with Crippen molar-refractivity contribution in [3.05, 3.63) is 42.7 Å². The highest BCUT2D eigenvalue weighted by Gasteiger charge is 2.12. The number of nitrogens with zero attached hydrogens (tertiary/aromatic N) is 2. The van der Waals surface area contributed by atoms with Gasteiger partial charge in [0, 0.05) is 0 Å². The van der Waals surface area contributed by atoms with E-state index < -0.39 is 5.91 Å². The van der Waals surface area contributed by atoms with Gasteiger partial charge in [-0.1, -0.05) is 12.1 Å². The minimum atomic E-state index is -0.447. The van der Waals surface area contributed by atoms with Crippen molar-refractivity contribution < 1.29 is 13.9 Å². The number of hydrazine groups is 1. The molecule has 106 valence electrons. The number of amides is 1. The summed E-state index contributed by atoms with van der Waals surface area (Å²) in [6.45, 7) is -0.227. The van der Waals surface area contributed by atoms with E-state index in [2.05, 4.69) is 9.97 Å². The fraction of sp³-hybridized carbons (Fsp3) is 0.0714. The maximum atomic E-state index is 11.2. The zero-order valence-electron chi connectivity index (χ0n) is 10.9. The Balaban J connectivity index is 2.05. The van der Waals surface area contributed by atoms with E-state index in [1.807, 2.05) is 29.7 Å². The molecule has 3 N–H and O–H groups in total. The van der Waals surface area contributed by atoms with Gasteiger partial charge < -0.3 is 9.15 Å². The van der Waals surface area contributed by atoms with Crippen LogP contribution >= 0.6 is 0 Å². The van der Waals surface area contributed by atoms with E-state index in [-0.39, 0.29) is 6.61 Å². The second-order valence-corrected chi connectivity index (χ2v) is 4.20. The van der Waals surface area contributed by atoms with E-state index in [1.165, 1.54) is 6.26 Å². The van der Waals surface area contributed by atoms with Gasteiger partial charge >= 0.3 is 0 Å². The molecule has 1 amide bonds. The predicted molar refractivity (Wildman–Crippen MR) is 75.1 cm³/mol. The van der Waals surface area contributed by atoms with E-state index in [9.17, 15) is 4.79 Å². The molecule has 7 heteroatoms. The first-order chi connectivity index (χ1) is 10.3. The van der Waals surface area contributed by atoms with Gasteiger partial charge in [-0.15, -0.1) is 0 Å². The molecule has 0 unspecified atom stereocenters. The van der Waals surface area contributed by atoms with Gasteiger partial charge in [0.15, 0.2) is 18.2 Å². The first-order valence-corrected chi connectivity index (χ1v) is 6.21. The summed E-state index contributed by atoms with van der Waals surface area (Å²) < 4.78 is 10.7. The molecule has 2 aromatic heterocycles. The highest BCUT2D eigenvalue weighted by molar-refractivity contribution is 5.85. The van der Waals surface area contributed by atoms with E-state index in [0.29, 0.717) is 28.4 Å². The van der Waals surface area contributed by atoms with Gasteiger partial charge in [-0.2, -0.15) is 4.98 Å². The third-order valence-corrected chi connectivity index (χ3v) is 2.81. The monoisotopic (exact) mass is 284 g/mol. The van der Waals surface area contributed by atoms with E-state index >= 15 is 0 Å². The molecule has 21 heavy (non-hydrogen) atoms. The molecule has 1 aromatic carbocycles. The number of furan rings is 1. The molecule has 0 bridgehead atoms. The lowest BCUT2D eigenvalue weighted by molar-refractivity contribution is -0.123. The summed E-state index contributed by atoms with van der Waals surface area (Å²) in [4.78, 5) is 19.9. The number of ether oxygens (including phenoxy) is 1. The average Bonchev–Trinajstić information content (AvgIpc) is 3.06. The minimum Gasteiger partial charge on any atom is -0.467 e. The van der Waals surface area contributed by atoms with Crippen molar-refractivity contribution in [1.82, 2.24) is 15.4 Å². The van der Waals surface area contributed by atoms with Gasteiger partial charge in [-0.05, 0) is 24.3 Å². The van der Waals surface area contributed by atoms with E-state index in [4.69, 9.17) is 15.0 Å². The summed E-state index contributed by atoms with van der Waals surface area (Å²) in [6.07, 6.45) is 1.54. The lowest BCUT2D eigenvalue weighted by Crippen LogP contribution is -2.34. The number of benzene rings is 1. The maximum Gasteiger partial charge on any atom is 0.271 e. The van der Waals surface area contributed by atoms with Crippen molar-refractivity contribution in [2.24, 2.45) is 5.84 Å². The molecule has 0 fully saturated rings. The second-order valence-electron chi connectivity index (χ2n) is 4.20. The van der Waals surface area contributed by atoms with Crippen LogP contribution in [-0.4, -0.2) is 22.5 Å². The number of hydrogen-bond acceptors (Lipinski definition) is 6. The Morgan fingerprint density at radius 3 is 2.86 bits per heavy atom. The Bertz CT molecular complexity index is 771. The highest BCUT2D eigenvalue weighted by Crippen LogP contribution is 2.26. The van der Waals surface area contributed by atoms with Gasteiger partial charge in [0.05, 0.1) is 17.2 Å². The van der Waals surface area contributed by atoms with Crippen LogP contribution in [-0.2, 0) is 4.79 Å². The molecular weight excluding hydrogens is 272 g/mol. The summed E-state index contributed by atoms with van der Waals surface area (Å²) >= 11 is 0. The van der Waals surface area contributed by atoms with Gasteiger partial charge in [-0.25, -0.2) is 10.8 Å². The van der Waals surface area contributed by atoms with Crippen LogP contribution in [0.25, 0.3) is 22.5 Å². The van der Waals surface area contributed by atoms with Crippen LogP contribution < -0.4 is 16.0 Å². The van der Waals surface area contributed by atoms with Crippen LogP contribution in [0.15, 0.2) is 47.1 Å². The Morgan fingerprint density at radius 1 is 1.24 bits per heavy atom. The number of fused-ring (bicyclic) bond motifs is 1. The van der Waals surface area contributed by atoms with Gasteiger partial charge in [0.1, 0.15) is 0 Å². The van der Waals surface area contributed by atoms with Crippen molar-refractivity contribution in [3.63, 3.8) is 0 Å². The summed E-state index contributed by atoms with van der Waals surface area (Å²) in [5.74, 6) is 5.80. The predicted octanol–water partition coefficient (Wildman–Crippen LogP) is 1.26. The lowest BCUT2D eigenvalue weighted by atomic mass is 10.2. The fourth-order valence-electron chi connectivity index (χ4n) is 1.85. The molecule has 0 atom stereocenters. The Morgan fingerprint density at radius 2 is 2.10 bits per heavy atom. The molecule has 3 rings (SSSR count). The highest BCUT2D eigenvalue weighted by atomic mass is 16.5. The SMILES string of the molecule is NNC(=O)COc1nc(-c2ccco2)nc2ccccc12. The number of hydrogen-bond donors (Lipinski definition) is 2. The van der Waals surface area contributed by atoms with Crippen molar-refractivity contribution >= 4 is 16.8 Å². The molecule has 0 aliphatic heterocycles. The Kier molecular flexibility index (Phi) is 3.48. The lowest BCUT2D eigenvalue weighted by Gasteiger charge is -2.08. The first-order valence-electron chi connectivity index (χ1n) is 6.21. The minimum absolute atomic E-state index is 0.227. The van der Waals surface area contributed by atoms with Gasteiger partial charge in [0.25, 0.3) is 5.91 Å². The summed E-state index contributed by atoms with van der Waals surface area (Å²) in [5.41, 5.74) is 2.70. The maximum absolute atomic E-state index is 11.2. The molecule has 2 heterocycles. The average molecular weight is 284 g/mol. The van der Waals surface area contributed by atoms with Gasteiger partial charge in [0.2, 0.25) is 5.88 Å². The molecular formula is C14H12N4O3. The second kappa shape index (κ2) is 5.59. The standard InChI is InChI=1S/C14H12N4O3/c15-18-12(19)8-21-14-9-4-1-2-5-10(9)16-13(17-14)11-6-3-7-20-11/h1-7H,8,15H2,(H,18,19). The zero-order valence-corrected chi connectivity index (χ0v) is 10.9. The zero-order chi connectivity index (χ0) is 14.7. The molecule has 0 saturated carbocycles. The van der Waals surface area contributed by atoms with Crippen molar-refractivity contribution in [2.45, 2.75) is 0 Å². The molecule has 7 nitrogen and oxygen atoms in total. The number of carbonyl (C=O) groups excluding carboxylic acids is 1. The number of rotatable bonds is 4. The van der Waals surface area contributed by atoms with Gasteiger partial charge in [-0.3, -0.25) is 10.2 Å². The van der Waals surface area contributed by atoms with Crippen LogP contribution in [0.4, 0.5) is 0 Å². The number of nitrogens with two attached hydrogens (primary N) is 1. The molecule has 3 aromatic rings. The summed E-state index contributed by atoms with van der Waals surface area (Å²) in [5, 5.41) is 0.706.